The highest BCUT2D eigenvalue weighted by molar-refractivity contribution is 5.78. The molecule has 0 radical (unpaired) electrons. The lowest BCUT2D eigenvalue weighted by Crippen LogP contribution is -2.42. The van der Waals surface area contributed by atoms with Gasteiger partial charge in [-0.25, -0.2) is 0 Å². The first-order valence-corrected chi connectivity index (χ1v) is 4.44. The van der Waals surface area contributed by atoms with Crippen LogP contribution >= 0.6 is 0 Å². The third-order valence-corrected chi connectivity index (χ3v) is 1.62. The van der Waals surface area contributed by atoms with Gasteiger partial charge < -0.3 is 26.2 Å². The molecule has 0 heterocycles. The summed E-state index contributed by atoms with van der Waals surface area (Å²) in [5, 5.41) is 21.1. The molecule has 0 bridgehead atoms. The van der Waals surface area contributed by atoms with Crippen molar-refractivity contribution in [3.63, 3.8) is 0 Å². The summed E-state index contributed by atoms with van der Waals surface area (Å²) < 4.78 is 0. The molecule has 0 saturated carbocycles. The summed E-state index contributed by atoms with van der Waals surface area (Å²) >= 11 is 0. The first-order chi connectivity index (χ1) is 6.43. The molecular weight excluding hydrogens is 186 g/mol. The van der Waals surface area contributed by atoms with Crippen LogP contribution in [0.4, 0.5) is 0 Å². The van der Waals surface area contributed by atoms with Crippen molar-refractivity contribution in [2.75, 3.05) is 33.7 Å². The highest BCUT2D eigenvalue weighted by Gasteiger charge is 2.11. The number of amides is 1. The number of aliphatic hydroxyl groups is 2. The molecule has 0 rings (SSSR count). The number of rotatable bonds is 7. The molecule has 2 unspecified atom stereocenters. The van der Waals surface area contributed by atoms with Gasteiger partial charge in [-0.15, -0.1) is 0 Å². The Morgan fingerprint density at radius 1 is 1.43 bits per heavy atom. The van der Waals surface area contributed by atoms with Crippen LogP contribution in [0.5, 0.6) is 0 Å². The van der Waals surface area contributed by atoms with Gasteiger partial charge in [-0.3, -0.25) is 4.79 Å². The standard InChI is InChI=1S/C8H19N3O3/c1-11(2)5-6(12)3-10-4-7(13)8(9)14/h6-7,10,12-13H,3-5H2,1-2H3,(H2,9,14). The topological polar surface area (TPSA) is 98.8 Å². The second-order valence-electron chi connectivity index (χ2n) is 3.49. The van der Waals surface area contributed by atoms with Gasteiger partial charge in [0.15, 0.2) is 0 Å². The zero-order valence-electron chi connectivity index (χ0n) is 8.60. The third-order valence-electron chi connectivity index (χ3n) is 1.62. The van der Waals surface area contributed by atoms with Crippen LogP contribution in [0.15, 0.2) is 0 Å². The molecule has 0 aromatic carbocycles. The van der Waals surface area contributed by atoms with Crippen molar-refractivity contribution in [2.45, 2.75) is 12.2 Å². The smallest absolute Gasteiger partial charge is 0.247 e. The molecule has 1 amide bonds. The van der Waals surface area contributed by atoms with Crippen LogP contribution in [0.25, 0.3) is 0 Å². The van der Waals surface area contributed by atoms with Crippen LogP contribution in [0, 0.1) is 0 Å². The third kappa shape index (κ3) is 6.79. The quantitative estimate of drug-likeness (QED) is 0.364. The lowest BCUT2D eigenvalue weighted by Gasteiger charge is -2.17. The number of hydrogen-bond acceptors (Lipinski definition) is 5. The zero-order valence-corrected chi connectivity index (χ0v) is 8.60. The first-order valence-electron chi connectivity index (χ1n) is 4.44. The molecule has 0 aliphatic rings. The van der Waals surface area contributed by atoms with Gasteiger partial charge in [0.25, 0.3) is 0 Å². The average Bonchev–Trinajstić information content (AvgIpc) is 2.02. The summed E-state index contributed by atoms with van der Waals surface area (Å²) in [7, 11) is 3.70. The monoisotopic (exact) mass is 205 g/mol. The Balaban J connectivity index is 3.48. The lowest BCUT2D eigenvalue weighted by molar-refractivity contribution is -0.125. The number of carbonyl (C=O) groups is 1. The number of nitrogens with two attached hydrogens (primary N) is 1. The maximum atomic E-state index is 10.4. The number of likely N-dealkylation sites (N-methyl/N-ethyl adjacent to an activating group) is 1. The Kier molecular flexibility index (Phi) is 6.39. The molecule has 84 valence electrons. The van der Waals surface area contributed by atoms with Crippen LogP contribution in [0.2, 0.25) is 0 Å². The molecule has 2 atom stereocenters. The van der Waals surface area contributed by atoms with E-state index in [1.165, 1.54) is 0 Å². The summed E-state index contributed by atoms with van der Waals surface area (Å²) in [4.78, 5) is 12.3. The fourth-order valence-corrected chi connectivity index (χ4v) is 0.973. The Bertz CT molecular complexity index is 175. The maximum Gasteiger partial charge on any atom is 0.247 e. The molecule has 0 aromatic heterocycles. The number of primary amides is 1. The van der Waals surface area contributed by atoms with Crippen LogP contribution < -0.4 is 11.1 Å². The van der Waals surface area contributed by atoms with E-state index in [1.54, 1.807) is 0 Å². The largest absolute Gasteiger partial charge is 0.390 e. The van der Waals surface area contributed by atoms with Crippen molar-refractivity contribution in [3.8, 4) is 0 Å². The molecule has 0 fully saturated rings. The highest BCUT2D eigenvalue weighted by atomic mass is 16.3. The minimum atomic E-state index is -1.19. The van der Waals surface area contributed by atoms with E-state index in [1.807, 2.05) is 19.0 Å². The van der Waals surface area contributed by atoms with E-state index in [-0.39, 0.29) is 6.54 Å². The molecule has 14 heavy (non-hydrogen) atoms. The molecule has 0 aromatic rings. The van der Waals surface area contributed by atoms with E-state index in [0.29, 0.717) is 13.1 Å². The number of nitrogens with one attached hydrogen (secondary N) is 1. The summed E-state index contributed by atoms with van der Waals surface area (Å²) in [5.74, 6) is -0.764. The van der Waals surface area contributed by atoms with Crippen molar-refractivity contribution < 1.29 is 15.0 Å². The maximum absolute atomic E-state index is 10.4. The highest BCUT2D eigenvalue weighted by Crippen LogP contribution is 1.85. The Hall–Kier alpha value is -0.690. The van der Waals surface area contributed by atoms with Gasteiger partial charge in [0.2, 0.25) is 5.91 Å². The lowest BCUT2D eigenvalue weighted by atomic mass is 10.3. The van der Waals surface area contributed by atoms with Gasteiger partial charge in [-0.05, 0) is 14.1 Å². The van der Waals surface area contributed by atoms with Crippen LogP contribution in [-0.4, -0.2) is 67.0 Å². The first kappa shape index (κ1) is 13.3. The zero-order chi connectivity index (χ0) is 11.1. The Morgan fingerprint density at radius 2 is 2.00 bits per heavy atom. The fourth-order valence-electron chi connectivity index (χ4n) is 0.973. The van der Waals surface area contributed by atoms with Crippen molar-refractivity contribution in [1.82, 2.24) is 10.2 Å². The van der Waals surface area contributed by atoms with Gasteiger partial charge in [0, 0.05) is 19.6 Å². The number of carbonyl (C=O) groups excluding carboxylic acids is 1. The van der Waals surface area contributed by atoms with Gasteiger partial charge >= 0.3 is 0 Å². The van der Waals surface area contributed by atoms with E-state index in [2.05, 4.69) is 5.32 Å². The Labute approximate surface area is 83.7 Å². The van der Waals surface area contributed by atoms with Crippen molar-refractivity contribution >= 4 is 5.91 Å². The predicted molar refractivity (Wildman–Crippen MR) is 52.6 cm³/mol. The van der Waals surface area contributed by atoms with Gasteiger partial charge in [-0.2, -0.15) is 0 Å². The second-order valence-corrected chi connectivity index (χ2v) is 3.49. The van der Waals surface area contributed by atoms with Crippen molar-refractivity contribution in [3.05, 3.63) is 0 Å². The molecule has 0 spiro atoms. The van der Waals surface area contributed by atoms with E-state index in [0.717, 1.165) is 0 Å². The van der Waals surface area contributed by atoms with Crippen LogP contribution in [0.3, 0.4) is 0 Å². The average molecular weight is 205 g/mol. The van der Waals surface area contributed by atoms with Crippen molar-refractivity contribution in [2.24, 2.45) is 5.73 Å². The van der Waals surface area contributed by atoms with Gasteiger partial charge in [-0.1, -0.05) is 0 Å². The molecule has 0 aliphatic carbocycles. The van der Waals surface area contributed by atoms with Crippen LogP contribution in [-0.2, 0) is 4.79 Å². The predicted octanol–water partition coefficient (Wildman–Crippen LogP) is -2.66. The Morgan fingerprint density at radius 3 is 2.43 bits per heavy atom. The molecule has 0 aliphatic heterocycles. The molecule has 5 N–H and O–H groups in total. The number of aliphatic hydroxyl groups excluding tert-OH is 2. The van der Waals surface area contributed by atoms with E-state index in [4.69, 9.17) is 10.8 Å². The fraction of sp³-hybridized carbons (Fsp3) is 0.875. The number of nitrogens with zero attached hydrogens (tertiary/aromatic N) is 1. The number of hydrogen-bond donors (Lipinski definition) is 4. The summed E-state index contributed by atoms with van der Waals surface area (Å²) in [6, 6.07) is 0. The molecular formula is C8H19N3O3. The SMILES string of the molecule is CN(C)CC(O)CNCC(O)C(N)=O. The van der Waals surface area contributed by atoms with E-state index >= 15 is 0 Å². The second kappa shape index (κ2) is 6.72. The summed E-state index contributed by atoms with van der Waals surface area (Å²) in [5.41, 5.74) is 4.83. The van der Waals surface area contributed by atoms with E-state index in [9.17, 15) is 9.90 Å². The van der Waals surface area contributed by atoms with Crippen molar-refractivity contribution in [1.29, 1.82) is 0 Å². The molecule has 6 heteroatoms. The summed E-state index contributed by atoms with van der Waals surface area (Å²) in [6.07, 6.45) is -1.72. The molecule has 6 nitrogen and oxygen atoms in total. The van der Waals surface area contributed by atoms with Crippen LogP contribution in [0.1, 0.15) is 0 Å². The van der Waals surface area contributed by atoms with Gasteiger partial charge in [0.1, 0.15) is 6.10 Å². The minimum absolute atomic E-state index is 0.0693. The minimum Gasteiger partial charge on any atom is -0.390 e. The normalized spacial score (nSPS) is 15.5. The summed E-state index contributed by atoms with van der Waals surface area (Å²) in [6.45, 7) is 0.919. The van der Waals surface area contributed by atoms with Gasteiger partial charge in [0.05, 0.1) is 6.10 Å². The molecule has 0 saturated heterocycles. The van der Waals surface area contributed by atoms with E-state index < -0.39 is 18.1 Å².